The Morgan fingerprint density at radius 2 is 1.97 bits per heavy atom. The molecule has 7 heteroatoms. The van der Waals surface area contributed by atoms with Crippen LogP contribution in [-0.2, 0) is 15.4 Å². The van der Waals surface area contributed by atoms with E-state index in [0.29, 0.717) is 17.5 Å². The molecule has 2 aromatic rings. The molecular weight excluding hydrogens is 422 g/mol. The predicted octanol–water partition coefficient (Wildman–Crippen LogP) is 5.18. The van der Waals surface area contributed by atoms with E-state index < -0.39 is 10.0 Å². The molecule has 0 saturated heterocycles. The molecule has 0 spiro atoms. The minimum Gasteiger partial charge on any atom is -0.493 e. The molecule has 2 fully saturated rings. The maximum atomic E-state index is 13.2. The van der Waals surface area contributed by atoms with Crippen molar-refractivity contribution < 1.29 is 13.5 Å². The second-order valence-electron chi connectivity index (χ2n) is 9.57. The third-order valence-electron chi connectivity index (χ3n) is 7.65. The number of nitrogens with one attached hydrogen (secondary N) is 1. The molecule has 1 unspecified atom stereocenters. The van der Waals surface area contributed by atoms with E-state index in [4.69, 9.17) is 0 Å². The van der Waals surface area contributed by atoms with Crippen LogP contribution in [-0.4, -0.2) is 23.5 Å². The molecule has 6 nitrogen and oxygen atoms in total. The van der Waals surface area contributed by atoms with Crippen molar-refractivity contribution in [3.63, 3.8) is 0 Å². The van der Waals surface area contributed by atoms with Crippen LogP contribution in [0, 0.1) is 11.8 Å². The molecule has 168 valence electrons. The van der Waals surface area contributed by atoms with Gasteiger partial charge in [-0.3, -0.25) is 0 Å². The van der Waals surface area contributed by atoms with Gasteiger partial charge in [0.25, 0.3) is 10.0 Å². The maximum absolute atomic E-state index is 13.2. The van der Waals surface area contributed by atoms with Crippen molar-refractivity contribution >= 4 is 21.5 Å². The minimum absolute atomic E-state index is 0.124. The molecule has 0 aliphatic heterocycles. The highest BCUT2D eigenvalue weighted by Crippen LogP contribution is 2.67. The molecule has 0 radical (unpaired) electrons. The van der Waals surface area contributed by atoms with Crippen LogP contribution in [0.1, 0.15) is 64.1 Å². The van der Waals surface area contributed by atoms with E-state index in [1.165, 1.54) is 18.9 Å². The van der Waals surface area contributed by atoms with Crippen molar-refractivity contribution in [2.24, 2.45) is 11.8 Å². The topological polar surface area (TPSA) is 92.2 Å². The van der Waals surface area contributed by atoms with Crippen LogP contribution in [0.25, 0.3) is 5.57 Å². The number of aromatic nitrogens is 2. The van der Waals surface area contributed by atoms with Crippen molar-refractivity contribution in [1.29, 1.82) is 0 Å². The van der Waals surface area contributed by atoms with Gasteiger partial charge < -0.3 is 5.11 Å². The Hall–Kier alpha value is -2.67. The SMILES string of the molecule is CC1=CCCC(C)=C1c1cc(O)nc(NS(=O)(=O)c2cccc(C34C[C@@H]3CC[C@H]4C)c2)n1. The van der Waals surface area contributed by atoms with Crippen LogP contribution < -0.4 is 4.72 Å². The van der Waals surface area contributed by atoms with E-state index >= 15 is 0 Å². The second-order valence-corrected chi connectivity index (χ2v) is 11.3. The fourth-order valence-electron chi connectivity index (χ4n) is 5.89. The second kappa shape index (κ2) is 7.44. The van der Waals surface area contributed by atoms with Gasteiger partial charge in [-0.2, -0.15) is 4.98 Å². The monoisotopic (exact) mass is 451 g/mol. The number of fused-ring (bicyclic) bond motifs is 1. The zero-order chi connectivity index (χ0) is 22.7. The minimum atomic E-state index is -3.90. The summed E-state index contributed by atoms with van der Waals surface area (Å²) in [4.78, 5) is 8.58. The van der Waals surface area contributed by atoms with Gasteiger partial charge in [0.05, 0.1) is 10.6 Å². The molecule has 3 aliphatic carbocycles. The number of benzene rings is 1. The van der Waals surface area contributed by atoms with E-state index in [2.05, 4.69) is 33.8 Å². The van der Waals surface area contributed by atoms with Crippen LogP contribution in [0.5, 0.6) is 5.88 Å². The van der Waals surface area contributed by atoms with E-state index in [1.54, 1.807) is 12.1 Å². The average molecular weight is 452 g/mol. The van der Waals surface area contributed by atoms with Gasteiger partial charge in [-0.25, -0.2) is 18.1 Å². The fraction of sp³-hybridized carbons (Fsp3) is 0.440. The number of rotatable bonds is 5. The summed E-state index contributed by atoms with van der Waals surface area (Å²) >= 11 is 0. The average Bonchev–Trinajstić information content (AvgIpc) is 3.39. The Labute approximate surface area is 189 Å². The number of sulfonamides is 1. The number of anilines is 1. The molecule has 2 saturated carbocycles. The zero-order valence-corrected chi connectivity index (χ0v) is 19.5. The molecule has 3 aliphatic rings. The summed E-state index contributed by atoms with van der Waals surface area (Å²) in [5, 5.41) is 10.2. The van der Waals surface area contributed by atoms with Crippen molar-refractivity contribution in [2.75, 3.05) is 4.72 Å². The van der Waals surface area contributed by atoms with Crippen molar-refractivity contribution in [3.05, 3.63) is 58.8 Å². The Bertz CT molecular complexity index is 1260. The van der Waals surface area contributed by atoms with Crippen LogP contribution in [0.15, 0.2) is 52.4 Å². The molecule has 5 rings (SSSR count). The number of hydrogen-bond donors (Lipinski definition) is 2. The summed E-state index contributed by atoms with van der Waals surface area (Å²) in [7, 11) is -3.90. The van der Waals surface area contributed by atoms with E-state index in [-0.39, 0.29) is 22.1 Å². The van der Waals surface area contributed by atoms with Crippen LogP contribution >= 0.6 is 0 Å². The highest BCUT2D eigenvalue weighted by atomic mass is 32.2. The van der Waals surface area contributed by atoms with E-state index in [9.17, 15) is 13.5 Å². The Balaban J connectivity index is 1.47. The van der Waals surface area contributed by atoms with E-state index in [0.717, 1.165) is 41.5 Å². The Morgan fingerprint density at radius 3 is 2.66 bits per heavy atom. The summed E-state index contributed by atoms with van der Waals surface area (Å²) in [5.74, 6) is 0.850. The highest BCUT2D eigenvalue weighted by molar-refractivity contribution is 7.92. The number of nitrogens with zero attached hydrogens (tertiary/aromatic N) is 2. The predicted molar refractivity (Wildman–Crippen MR) is 125 cm³/mol. The van der Waals surface area contributed by atoms with Gasteiger partial charge >= 0.3 is 0 Å². The molecule has 0 bridgehead atoms. The van der Waals surface area contributed by atoms with Crippen molar-refractivity contribution in [1.82, 2.24) is 9.97 Å². The summed E-state index contributed by atoms with van der Waals surface area (Å²) in [5.41, 5.74) is 4.93. The largest absolute Gasteiger partial charge is 0.493 e. The normalized spacial score (nSPS) is 27.2. The third kappa shape index (κ3) is 3.43. The lowest BCUT2D eigenvalue weighted by atomic mass is 9.85. The third-order valence-corrected chi connectivity index (χ3v) is 8.97. The lowest BCUT2D eigenvalue weighted by Crippen LogP contribution is -2.18. The summed E-state index contributed by atoms with van der Waals surface area (Å²) in [6.07, 6.45) is 7.57. The molecular formula is C25H29N3O3S. The Kier molecular flexibility index (Phi) is 4.93. The molecule has 1 aromatic carbocycles. The first-order chi connectivity index (χ1) is 15.2. The molecule has 1 aromatic heterocycles. The Morgan fingerprint density at radius 1 is 1.16 bits per heavy atom. The fourth-order valence-corrected chi connectivity index (χ4v) is 6.88. The first kappa shape index (κ1) is 21.2. The number of hydrogen-bond acceptors (Lipinski definition) is 5. The lowest BCUT2D eigenvalue weighted by molar-refractivity contribution is 0.453. The first-order valence-corrected chi connectivity index (χ1v) is 12.8. The molecule has 1 heterocycles. The standard InChI is InChI=1S/C25H29N3O3S/c1-15-6-4-7-16(2)23(15)21-13-22(29)27-24(26-21)28-32(30,31)20-9-5-8-18(12-20)25-14-19(25)11-10-17(25)3/h5-6,8-9,12-13,17,19H,4,7,10-11,14H2,1-3H3,(H2,26,27,28,29)/t17-,19+,25?/m1/s1. The first-order valence-electron chi connectivity index (χ1n) is 11.3. The number of aromatic hydroxyl groups is 1. The smallest absolute Gasteiger partial charge is 0.264 e. The van der Waals surface area contributed by atoms with Gasteiger partial charge in [-0.05, 0) is 81.1 Å². The molecule has 0 amide bonds. The van der Waals surface area contributed by atoms with Gasteiger partial charge in [-0.1, -0.05) is 30.7 Å². The van der Waals surface area contributed by atoms with Gasteiger partial charge in [0.15, 0.2) is 0 Å². The quantitative estimate of drug-likeness (QED) is 0.653. The van der Waals surface area contributed by atoms with Gasteiger partial charge in [0.2, 0.25) is 11.8 Å². The summed E-state index contributed by atoms with van der Waals surface area (Å²) in [6.45, 7) is 6.31. The highest BCUT2D eigenvalue weighted by Gasteiger charge is 2.61. The van der Waals surface area contributed by atoms with Crippen LogP contribution in [0.3, 0.4) is 0 Å². The maximum Gasteiger partial charge on any atom is 0.264 e. The molecule has 3 atom stereocenters. The number of allylic oxidation sites excluding steroid dienone is 4. The molecule has 2 N–H and O–H groups in total. The van der Waals surface area contributed by atoms with Crippen LogP contribution in [0.2, 0.25) is 0 Å². The lowest BCUT2D eigenvalue weighted by Gasteiger charge is -2.21. The zero-order valence-electron chi connectivity index (χ0n) is 18.7. The summed E-state index contributed by atoms with van der Waals surface area (Å²) in [6, 6.07) is 8.75. The van der Waals surface area contributed by atoms with E-state index in [1.807, 2.05) is 19.9 Å². The van der Waals surface area contributed by atoms with Crippen molar-refractivity contribution in [3.8, 4) is 5.88 Å². The van der Waals surface area contributed by atoms with Gasteiger partial charge in [0.1, 0.15) is 0 Å². The molecule has 32 heavy (non-hydrogen) atoms. The van der Waals surface area contributed by atoms with Gasteiger partial charge in [-0.15, -0.1) is 0 Å². The summed E-state index contributed by atoms with van der Waals surface area (Å²) < 4.78 is 28.9. The van der Waals surface area contributed by atoms with Crippen LogP contribution in [0.4, 0.5) is 5.95 Å². The van der Waals surface area contributed by atoms with Gasteiger partial charge in [0, 0.05) is 17.1 Å². The van der Waals surface area contributed by atoms with Crippen molar-refractivity contribution in [2.45, 2.75) is 63.2 Å².